The minimum Gasteiger partial charge on any atom is -0.350 e. The van der Waals surface area contributed by atoms with Crippen LogP contribution in [-0.4, -0.2) is 11.8 Å². The number of benzene rings is 2. The zero-order valence-electron chi connectivity index (χ0n) is 16.6. The molecule has 1 N–H and O–H groups in total. The van der Waals surface area contributed by atoms with Crippen LogP contribution in [0.15, 0.2) is 65.7 Å². The van der Waals surface area contributed by atoms with Crippen molar-refractivity contribution in [3.63, 3.8) is 0 Å². The molecule has 8 heteroatoms. The molecule has 1 aliphatic heterocycles. The summed E-state index contributed by atoms with van der Waals surface area (Å²) in [5.41, 5.74) is 2.14. The number of carbonyl (C=O) groups excluding carboxylic acids is 2. The SMILES string of the molecule is Cc1cccc(NC2=C(c3cccs3)C(=O)N(c3ccc(C(F)(F)F)cc3)C2=O)c1C. The van der Waals surface area contributed by atoms with Gasteiger partial charge < -0.3 is 5.32 Å². The Morgan fingerprint density at radius 1 is 0.903 bits per heavy atom. The molecule has 0 radical (unpaired) electrons. The van der Waals surface area contributed by atoms with Crippen LogP contribution in [0, 0.1) is 13.8 Å². The van der Waals surface area contributed by atoms with E-state index in [0.29, 0.717) is 10.6 Å². The van der Waals surface area contributed by atoms with Gasteiger partial charge in [-0.05, 0) is 66.8 Å². The van der Waals surface area contributed by atoms with Gasteiger partial charge in [0.25, 0.3) is 11.8 Å². The summed E-state index contributed by atoms with van der Waals surface area (Å²) in [6, 6.07) is 13.0. The van der Waals surface area contributed by atoms with Crippen LogP contribution in [-0.2, 0) is 15.8 Å². The molecule has 0 saturated heterocycles. The van der Waals surface area contributed by atoms with Gasteiger partial charge in [-0.3, -0.25) is 9.59 Å². The molecule has 1 aromatic heterocycles. The number of amides is 2. The summed E-state index contributed by atoms with van der Waals surface area (Å²) < 4.78 is 38.7. The van der Waals surface area contributed by atoms with Gasteiger partial charge in [0.2, 0.25) is 0 Å². The summed E-state index contributed by atoms with van der Waals surface area (Å²) >= 11 is 1.30. The number of hydrogen-bond donors (Lipinski definition) is 1. The van der Waals surface area contributed by atoms with E-state index in [1.165, 1.54) is 11.3 Å². The van der Waals surface area contributed by atoms with Crippen LogP contribution < -0.4 is 10.2 Å². The summed E-state index contributed by atoms with van der Waals surface area (Å²) in [5, 5.41) is 4.89. The first-order chi connectivity index (χ1) is 14.7. The van der Waals surface area contributed by atoms with Crippen LogP contribution in [0.5, 0.6) is 0 Å². The fourth-order valence-electron chi connectivity index (χ4n) is 3.35. The second-order valence-corrected chi connectivity index (χ2v) is 8.04. The molecule has 0 spiro atoms. The van der Waals surface area contributed by atoms with Crippen LogP contribution >= 0.6 is 11.3 Å². The molecule has 0 fully saturated rings. The van der Waals surface area contributed by atoms with Crippen LogP contribution in [0.25, 0.3) is 5.57 Å². The maximum Gasteiger partial charge on any atom is 0.416 e. The van der Waals surface area contributed by atoms with Crippen molar-refractivity contribution < 1.29 is 22.8 Å². The van der Waals surface area contributed by atoms with Gasteiger partial charge in [-0.15, -0.1) is 11.3 Å². The van der Waals surface area contributed by atoms with Crippen LogP contribution in [0.4, 0.5) is 24.5 Å². The highest BCUT2D eigenvalue weighted by Crippen LogP contribution is 2.37. The first-order valence-corrected chi connectivity index (χ1v) is 10.2. The number of nitrogens with one attached hydrogen (secondary N) is 1. The molecule has 0 bridgehead atoms. The Hall–Kier alpha value is -3.39. The van der Waals surface area contributed by atoms with Gasteiger partial charge in [-0.25, -0.2) is 4.90 Å². The van der Waals surface area contributed by atoms with Crippen molar-refractivity contribution >= 4 is 40.1 Å². The number of alkyl halides is 3. The zero-order valence-corrected chi connectivity index (χ0v) is 17.4. The second kappa shape index (κ2) is 7.70. The maximum atomic E-state index is 13.3. The first-order valence-electron chi connectivity index (χ1n) is 9.36. The molecule has 0 unspecified atom stereocenters. The minimum atomic E-state index is -4.51. The van der Waals surface area contributed by atoms with Gasteiger partial charge in [0, 0.05) is 10.6 Å². The highest BCUT2D eigenvalue weighted by Gasteiger charge is 2.41. The lowest BCUT2D eigenvalue weighted by atomic mass is 10.1. The van der Waals surface area contributed by atoms with E-state index < -0.39 is 23.6 Å². The fraction of sp³-hybridized carbons (Fsp3) is 0.130. The smallest absolute Gasteiger partial charge is 0.350 e. The van der Waals surface area contributed by atoms with E-state index in [-0.39, 0.29) is 17.0 Å². The highest BCUT2D eigenvalue weighted by molar-refractivity contribution is 7.11. The number of nitrogens with zero attached hydrogens (tertiary/aromatic N) is 1. The van der Waals surface area contributed by atoms with E-state index >= 15 is 0 Å². The third-order valence-electron chi connectivity index (χ3n) is 5.17. The normalized spacial score (nSPS) is 14.5. The second-order valence-electron chi connectivity index (χ2n) is 7.09. The van der Waals surface area contributed by atoms with E-state index in [1.807, 2.05) is 26.0 Å². The predicted molar refractivity (Wildman–Crippen MR) is 115 cm³/mol. The largest absolute Gasteiger partial charge is 0.416 e. The highest BCUT2D eigenvalue weighted by atomic mass is 32.1. The Labute approximate surface area is 180 Å². The van der Waals surface area contributed by atoms with E-state index in [2.05, 4.69) is 5.32 Å². The Morgan fingerprint density at radius 3 is 2.23 bits per heavy atom. The topological polar surface area (TPSA) is 49.4 Å². The molecular formula is C23H17F3N2O2S. The van der Waals surface area contributed by atoms with Crippen molar-refractivity contribution in [1.29, 1.82) is 0 Å². The van der Waals surface area contributed by atoms with Crippen LogP contribution in [0.3, 0.4) is 0 Å². The van der Waals surface area contributed by atoms with Crippen molar-refractivity contribution in [2.45, 2.75) is 20.0 Å². The molecule has 0 saturated carbocycles. The Kier molecular flexibility index (Phi) is 5.18. The average molecular weight is 442 g/mol. The maximum absolute atomic E-state index is 13.3. The van der Waals surface area contributed by atoms with E-state index in [4.69, 9.17) is 0 Å². The summed E-state index contributed by atoms with van der Waals surface area (Å²) in [7, 11) is 0. The van der Waals surface area contributed by atoms with Crippen molar-refractivity contribution in [3.8, 4) is 0 Å². The fourth-order valence-corrected chi connectivity index (χ4v) is 4.12. The van der Waals surface area contributed by atoms with Gasteiger partial charge in [0.15, 0.2) is 0 Å². The van der Waals surface area contributed by atoms with Gasteiger partial charge >= 0.3 is 6.18 Å². The van der Waals surface area contributed by atoms with Gasteiger partial charge in [0.1, 0.15) is 5.70 Å². The average Bonchev–Trinajstić information content (AvgIpc) is 3.32. The molecule has 2 aromatic carbocycles. The first kappa shape index (κ1) is 20.9. The summed E-state index contributed by atoms with van der Waals surface area (Å²) in [5.74, 6) is -1.20. The molecule has 2 amide bonds. The number of rotatable bonds is 4. The summed E-state index contributed by atoms with van der Waals surface area (Å²) in [6.45, 7) is 3.84. The number of carbonyl (C=O) groups is 2. The summed E-state index contributed by atoms with van der Waals surface area (Å²) in [4.78, 5) is 28.0. The number of anilines is 2. The number of imide groups is 1. The lowest BCUT2D eigenvalue weighted by molar-refractivity contribution is -0.137. The Morgan fingerprint density at radius 2 is 1.61 bits per heavy atom. The van der Waals surface area contributed by atoms with Gasteiger partial charge in [-0.1, -0.05) is 18.2 Å². The van der Waals surface area contributed by atoms with Crippen molar-refractivity contribution in [2.24, 2.45) is 0 Å². The minimum absolute atomic E-state index is 0.0785. The Balaban J connectivity index is 1.77. The number of thiophene rings is 1. The third kappa shape index (κ3) is 3.74. The lowest BCUT2D eigenvalue weighted by Crippen LogP contribution is -2.32. The molecule has 3 aromatic rings. The van der Waals surface area contributed by atoms with Gasteiger partial charge in [-0.2, -0.15) is 13.2 Å². The molecule has 1 aliphatic rings. The third-order valence-corrected chi connectivity index (χ3v) is 6.06. The molecule has 0 atom stereocenters. The van der Waals surface area contributed by atoms with Crippen LogP contribution in [0.1, 0.15) is 21.6 Å². The molecular weight excluding hydrogens is 425 g/mol. The molecule has 31 heavy (non-hydrogen) atoms. The lowest BCUT2D eigenvalue weighted by Gasteiger charge is -2.17. The molecule has 2 heterocycles. The van der Waals surface area contributed by atoms with E-state index in [1.54, 1.807) is 23.6 Å². The number of aryl methyl sites for hydroxylation is 1. The monoisotopic (exact) mass is 442 g/mol. The van der Waals surface area contributed by atoms with E-state index in [0.717, 1.165) is 40.3 Å². The quantitative estimate of drug-likeness (QED) is 0.521. The van der Waals surface area contributed by atoms with E-state index in [9.17, 15) is 22.8 Å². The van der Waals surface area contributed by atoms with Crippen LogP contribution in [0.2, 0.25) is 0 Å². The number of hydrogen-bond acceptors (Lipinski definition) is 4. The Bertz CT molecular complexity index is 1200. The summed E-state index contributed by atoms with van der Waals surface area (Å²) in [6.07, 6.45) is -4.51. The van der Waals surface area contributed by atoms with Gasteiger partial charge in [0.05, 0.1) is 16.8 Å². The van der Waals surface area contributed by atoms with Crippen molar-refractivity contribution in [1.82, 2.24) is 0 Å². The molecule has 0 aliphatic carbocycles. The van der Waals surface area contributed by atoms with Crippen molar-refractivity contribution in [2.75, 3.05) is 10.2 Å². The molecule has 4 nitrogen and oxygen atoms in total. The standard InChI is InChI=1S/C23H17F3N2O2S/c1-13-5-3-6-17(14(13)2)27-20-19(18-7-4-12-31-18)21(29)28(22(20)30)16-10-8-15(9-11-16)23(24,25)26/h3-12,27H,1-2H3. The zero-order chi connectivity index (χ0) is 22.3. The molecule has 158 valence electrons. The molecule has 4 rings (SSSR count). The predicted octanol–water partition coefficient (Wildman–Crippen LogP) is 5.78. The number of halogens is 3. The van der Waals surface area contributed by atoms with Crippen molar-refractivity contribution in [3.05, 3.63) is 87.2 Å².